The third kappa shape index (κ3) is 5.12. The Morgan fingerprint density at radius 3 is 2.31 bits per heavy atom. The van der Waals surface area contributed by atoms with Crippen molar-refractivity contribution in [3.8, 4) is 11.5 Å². The average Bonchev–Trinajstić information content (AvgIpc) is 3.15. The molecule has 0 unspecified atom stereocenters. The maximum Gasteiger partial charge on any atom is 0.123 e. The predicted molar refractivity (Wildman–Crippen MR) is 129 cm³/mol. The minimum Gasteiger partial charge on any atom is -0.508 e. The Labute approximate surface area is 185 Å². The molecular formula is C25H38O2S2. The fraction of sp³-hybridized carbons (Fsp3) is 0.680. The Hall–Kier alpha value is -0.740. The number of rotatable bonds is 8. The summed E-state index contributed by atoms with van der Waals surface area (Å²) in [6, 6.07) is 3.95. The van der Waals surface area contributed by atoms with Crippen molar-refractivity contribution in [3.05, 3.63) is 34.9 Å². The van der Waals surface area contributed by atoms with E-state index in [9.17, 15) is 10.2 Å². The number of unbranched alkanes of at least 4 members (excludes halogenated alkanes) is 3. The first-order valence-electron chi connectivity index (χ1n) is 11.4. The number of hydrogen-bond acceptors (Lipinski definition) is 4. The average molecular weight is 435 g/mol. The largest absolute Gasteiger partial charge is 0.508 e. The highest BCUT2D eigenvalue weighted by Crippen LogP contribution is 2.57. The molecule has 1 aromatic rings. The van der Waals surface area contributed by atoms with Gasteiger partial charge < -0.3 is 10.2 Å². The lowest BCUT2D eigenvalue weighted by Gasteiger charge is -2.35. The molecule has 3 rings (SSSR count). The molecule has 0 bridgehead atoms. The van der Waals surface area contributed by atoms with Crippen molar-refractivity contribution in [3.63, 3.8) is 0 Å². The minimum atomic E-state index is -0.0128. The van der Waals surface area contributed by atoms with Gasteiger partial charge in [-0.15, -0.1) is 23.5 Å². The summed E-state index contributed by atoms with van der Waals surface area (Å²) in [5, 5.41) is 22.2. The Bertz CT molecular complexity index is 697. The first-order valence-corrected chi connectivity index (χ1v) is 13.3. The molecule has 1 aliphatic carbocycles. The molecule has 1 saturated heterocycles. The molecule has 2 N–H and O–H groups in total. The summed E-state index contributed by atoms with van der Waals surface area (Å²) in [5.74, 6) is 4.05. The van der Waals surface area contributed by atoms with Crippen LogP contribution >= 0.6 is 23.5 Å². The van der Waals surface area contributed by atoms with Crippen LogP contribution in [0.1, 0.15) is 89.7 Å². The molecule has 0 radical (unpaired) electrons. The zero-order valence-electron chi connectivity index (χ0n) is 18.5. The molecule has 1 fully saturated rings. The van der Waals surface area contributed by atoms with Gasteiger partial charge in [0.05, 0.1) is 4.08 Å². The highest BCUT2D eigenvalue weighted by atomic mass is 32.2. The van der Waals surface area contributed by atoms with Crippen LogP contribution in [0.4, 0.5) is 0 Å². The van der Waals surface area contributed by atoms with Crippen LogP contribution in [-0.4, -0.2) is 21.7 Å². The summed E-state index contributed by atoms with van der Waals surface area (Å²) in [4.78, 5) is 0. The van der Waals surface area contributed by atoms with Crippen LogP contribution in [-0.2, 0) is 4.08 Å². The third-order valence-corrected chi connectivity index (χ3v) is 10.3. The van der Waals surface area contributed by atoms with E-state index in [4.69, 9.17) is 0 Å². The van der Waals surface area contributed by atoms with Crippen molar-refractivity contribution in [2.75, 3.05) is 11.5 Å². The van der Waals surface area contributed by atoms with E-state index in [-0.39, 0.29) is 10.00 Å². The molecule has 0 saturated carbocycles. The number of thioether (sulfide) groups is 2. The topological polar surface area (TPSA) is 40.5 Å². The molecule has 2 nitrogen and oxygen atoms in total. The SMILES string of the molecule is CCCCCCC1(c2cc(O)c([C@@H]3CC(C)=CC[C@H]3C(C)C)c(O)c2)SCCS1. The highest BCUT2D eigenvalue weighted by molar-refractivity contribution is 8.20. The van der Waals surface area contributed by atoms with Crippen molar-refractivity contribution in [1.82, 2.24) is 0 Å². The van der Waals surface area contributed by atoms with Crippen molar-refractivity contribution < 1.29 is 10.2 Å². The second-order valence-electron chi connectivity index (χ2n) is 9.19. The molecule has 0 aromatic heterocycles. The third-order valence-electron chi connectivity index (χ3n) is 6.71. The molecule has 2 aliphatic rings. The number of hydrogen-bond donors (Lipinski definition) is 2. The fourth-order valence-electron chi connectivity index (χ4n) is 5.05. The van der Waals surface area contributed by atoms with Gasteiger partial charge in [-0.1, -0.05) is 58.1 Å². The van der Waals surface area contributed by atoms with Gasteiger partial charge in [-0.3, -0.25) is 0 Å². The summed E-state index contributed by atoms with van der Waals surface area (Å²) in [6.45, 7) is 8.93. The van der Waals surface area contributed by atoms with Gasteiger partial charge in [0.2, 0.25) is 0 Å². The molecule has 1 aromatic carbocycles. The minimum absolute atomic E-state index is 0.0128. The molecule has 29 heavy (non-hydrogen) atoms. The van der Waals surface area contributed by atoms with E-state index in [0.29, 0.717) is 23.3 Å². The Morgan fingerprint density at radius 2 is 1.72 bits per heavy atom. The summed E-state index contributed by atoms with van der Waals surface area (Å²) >= 11 is 3.99. The standard InChI is InChI=1S/C25H38O2S2/c1-5-6-7-8-11-25(28-12-13-29-25)19-15-22(26)24(23(27)16-19)21-14-18(4)9-10-20(21)17(2)3/h9,15-17,20-21,26-27H,5-8,10-14H2,1-4H3/t20-,21+/m0/s1. The van der Waals surface area contributed by atoms with E-state index < -0.39 is 0 Å². The predicted octanol–water partition coefficient (Wildman–Crippen LogP) is 7.80. The number of aromatic hydroxyl groups is 2. The zero-order valence-corrected chi connectivity index (χ0v) is 20.2. The summed E-state index contributed by atoms with van der Waals surface area (Å²) in [7, 11) is 0. The van der Waals surface area contributed by atoms with Gasteiger partial charge in [-0.25, -0.2) is 0 Å². The lowest BCUT2D eigenvalue weighted by molar-refractivity contribution is 0.292. The lowest BCUT2D eigenvalue weighted by atomic mass is 9.70. The van der Waals surface area contributed by atoms with Crippen LogP contribution in [0.5, 0.6) is 11.5 Å². The normalized spacial score (nSPS) is 24.1. The maximum atomic E-state index is 11.1. The lowest BCUT2D eigenvalue weighted by Crippen LogP contribution is -2.22. The maximum absolute atomic E-state index is 11.1. The van der Waals surface area contributed by atoms with E-state index in [1.54, 1.807) is 0 Å². The van der Waals surface area contributed by atoms with Gasteiger partial charge in [-0.05, 0) is 61.6 Å². The Kier molecular flexibility index (Phi) is 7.94. The van der Waals surface area contributed by atoms with Crippen LogP contribution in [0.2, 0.25) is 0 Å². The molecule has 0 amide bonds. The summed E-state index contributed by atoms with van der Waals surface area (Å²) in [6.07, 6.45) is 10.4. The van der Waals surface area contributed by atoms with Crippen LogP contribution in [0.15, 0.2) is 23.8 Å². The number of phenolic OH excluding ortho intramolecular Hbond substituents is 2. The van der Waals surface area contributed by atoms with E-state index >= 15 is 0 Å². The number of allylic oxidation sites excluding steroid dienone is 2. The molecular weight excluding hydrogens is 396 g/mol. The monoisotopic (exact) mass is 434 g/mol. The smallest absolute Gasteiger partial charge is 0.123 e. The zero-order chi connectivity index (χ0) is 21.0. The second kappa shape index (κ2) is 10.0. The Morgan fingerprint density at radius 1 is 1.07 bits per heavy atom. The van der Waals surface area contributed by atoms with E-state index in [1.807, 2.05) is 35.7 Å². The molecule has 1 heterocycles. The van der Waals surface area contributed by atoms with Crippen molar-refractivity contribution in [1.29, 1.82) is 0 Å². The molecule has 2 atom stereocenters. The van der Waals surface area contributed by atoms with Gasteiger partial charge in [0.25, 0.3) is 0 Å². The van der Waals surface area contributed by atoms with E-state index in [0.717, 1.165) is 41.9 Å². The molecule has 162 valence electrons. The van der Waals surface area contributed by atoms with Gasteiger partial charge in [0.1, 0.15) is 11.5 Å². The fourth-order valence-corrected chi connectivity index (χ4v) is 8.36. The second-order valence-corrected chi connectivity index (χ2v) is 12.2. The quantitative estimate of drug-likeness (QED) is 0.323. The Balaban J connectivity index is 1.91. The number of benzene rings is 1. The highest BCUT2D eigenvalue weighted by Gasteiger charge is 2.39. The van der Waals surface area contributed by atoms with Crippen LogP contribution in [0.3, 0.4) is 0 Å². The summed E-state index contributed by atoms with van der Waals surface area (Å²) in [5.41, 5.74) is 3.24. The van der Waals surface area contributed by atoms with Crippen LogP contribution in [0.25, 0.3) is 0 Å². The molecule has 4 heteroatoms. The van der Waals surface area contributed by atoms with Crippen LogP contribution < -0.4 is 0 Å². The van der Waals surface area contributed by atoms with Crippen molar-refractivity contribution in [2.45, 2.75) is 82.6 Å². The summed E-state index contributed by atoms with van der Waals surface area (Å²) < 4.78 is -0.0128. The van der Waals surface area contributed by atoms with Crippen LogP contribution in [0, 0.1) is 11.8 Å². The molecule has 1 aliphatic heterocycles. The first kappa shape index (κ1) is 22.9. The van der Waals surface area contributed by atoms with Crippen molar-refractivity contribution in [2.24, 2.45) is 11.8 Å². The van der Waals surface area contributed by atoms with Gasteiger partial charge in [0, 0.05) is 17.1 Å². The van der Waals surface area contributed by atoms with Gasteiger partial charge in [0.15, 0.2) is 0 Å². The van der Waals surface area contributed by atoms with Gasteiger partial charge in [-0.2, -0.15) is 0 Å². The van der Waals surface area contributed by atoms with E-state index in [2.05, 4.69) is 33.8 Å². The molecule has 0 spiro atoms. The first-order chi connectivity index (χ1) is 13.9. The van der Waals surface area contributed by atoms with Gasteiger partial charge >= 0.3 is 0 Å². The number of phenols is 2. The van der Waals surface area contributed by atoms with Crippen molar-refractivity contribution >= 4 is 23.5 Å². The van der Waals surface area contributed by atoms with E-state index in [1.165, 1.54) is 31.3 Å².